The summed E-state index contributed by atoms with van der Waals surface area (Å²) in [6, 6.07) is 3.96. The summed E-state index contributed by atoms with van der Waals surface area (Å²) in [5.74, 6) is 0.0500. The first-order valence-corrected chi connectivity index (χ1v) is 8.89. The molecule has 0 unspecified atom stereocenters. The van der Waals surface area contributed by atoms with Gasteiger partial charge in [0.05, 0.1) is 23.4 Å². The van der Waals surface area contributed by atoms with E-state index in [1.54, 1.807) is 6.20 Å². The molecule has 1 fully saturated rings. The topological polar surface area (TPSA) is 72.5 Å². The third kappa shape index (κ3) is 3.85. The lowest BCUT2D eigenvalue weighted by Crippen LogP contribution is -2.51. The van der Waals surface area contributed by atoms with Crippen LogP contribution in [0.15, 0.2) is 18.3 Å². The van der Waals surface area contributed by atoms with Gasteiger partial charge in [0.2, 0.25) is 0 Å². The predicted molar refractivity (Wildman–Crippen MR) is 98.6 cm³/mol. The lowest BCUT2D eigenvalue weighted by atomic mass is 9.89. The maximum atomic E-state index is 13.0. The molecule has 1 aliphatic rings. The molecule has 2 N–H and O–H groups in total. The summed E-state index contributed by atoms with van der Waals surface area (Å²) >= 11 is 0. The zero-order valence-electron chi connectivity index (χ0n) is 15.5. The van der Waals surface area contributed by atoms with Gasteiger partial charge in [-0.1, -0.05) is 20.8 Å². The zero-order valence-corrected chi connectivity index (χ0v) is 15.5. The molecule has 1 aromatic carbocycles. The van der Waals surface area contributed by atoms with E-state index in [4.69, 9.17) is 0 Å². The van der Waals surface area contributed by atoms with E-state index < -0.39 is 0 Å². The number of aliphatic hydroxyl groups excluding tert-OH is 1. The average Bonchev–Trinajstić information content (AvgIpc) is 3.01. The first-order chi connectivity index (χ1) is 11.8. The van der Waals surface area contributed by atoms with E-state index in [-0.39, 0.29) is 17.4 Å². The van der Waals surface area contributed by atoms with Crippen LogP contribution in [0.2, 0.25) is 0 Å². The highest BCUT2D eigenvalue weighted by Gasteiger charge is 2.28. The molecule has 6 heteroatoms. The Morgan fingerprint density at radius 1 is 1.28 bits per heavy atom. The van der Waals surface area contributed by atoms with Crippen molar-refractivity contribution >= 4 is 16.8 Å². The van der Waals surface area contributed by atoms with Crippen molar-refractivity contribution in [2.75, 3.05) is 32.7 Å². The summed E-state index contributed by atoms with van der Waals surface area (Å²) in [4.78, 5) is 17.1. The van der Waals surface area contributed by atoms with Crippen LogP contribution in [-0.4, -0.2) is 69.8 Å². The fraction of sp³-hybridized carbons (Fsp3) is 0.579. The number of rotatable bonds is 3. The van der Waals surface area contributed by atoms with Gasteiger partial charge in [-0.15, -0.1) is 0 Å². The second kappa shape index (κ2) is 6.77. The van der Waals surface area contributed by atoms with Gasteiger partial charge in [-0.3, -0.25) is 14.8 Å². The van der Waals surface area contributed by atoms with Crippen LogP contribution < -0.4 is 0 Å². The molecule has 0 radical (unpaired) electrons. The Bertz CT molecular complexity index is 754. The molecule has 2 aromatic rings. The third-order valence-corrected chi connectivity index (χ3v) is 5.01. The van der Waals surface area contributed by atoms with E-state index in [0.717, 1.165) is 29.6 Å². The number of β-amino-alcohol motifs (C(OH)–C–C–N with tert-alkyl or cyclic N) is 1. The van der Waals surface area contributed by atoms with Crippen LogP contribution in [0, 0.1) is 12.3 Å². The molecule has 1 saturated heterocycles. The van der Waals surface area contributed by atoms with Crippen LogP contribution in [0.5, 0.6) is 0 Å². The summed E-state index contributed by atoms with van der Waals surface area (Å²) in [6.45, 7) is 11.7. The monoisotopic (exact) mass is 344 g/mol. The molecule has 1 atom stereocenters. The van der Waals surface area contributed by atoms with Crippen molar-refractivity contribution in [3.63, 3.8) is 0 Å². The Morgan fingerprint density at radius 2 is 1.96 bits per heavy atom. The number of benzene rings is 1. The summed E-state index contributed by atoms with van der Waals surface area (Å²) in [7, 11) is 0. The number of H-pyrrole nitrogens is 1. The molecule has 0 saturated carbocycles. The number of fused-ring (bicyclic) bond motifs is 1. The maximum absolute atomic E-state index is 13.0. The van der Waals surface area contributed by atoms with Gasteiger partial charge < -0.3 is 10.0 Å². The molecule has 0 aliphatic carbocycles. The minimum Gasteiger partial charge on any atom is -0.391 e. The molecule has 136 valence electrons. The first-order valence-electron chi connectivity index (χ1n) is 8.89. The Morgan fingerprint density at radius 3 is 2.60 bits per heavy atom. The summed E-state index contributed by atoms with van der Waals surface area (Å²) in [5.41, 5.74) is 2.43. The second-order valence-corrected chi connectivity index (χ2v) is 8.12. The van der Waals surface area contributed by atoms with Gasteiger partial charge in [-0.05, 0) is 30.0 Å². The van der Waals surface area contributed by atoms with Gasteiger partial charge in [-0.2, -0.15) is 5.10 Å². The summed E-state index contributed by atoms with van der Waals surface area (Å²) < 4.78 is 0. The van der Waals surface area contributed by atoms with Crippen molar-refractivity contribution in [1.82, 2.24) is 20.0 Å². The highest BCUT2D eigenvalue weighted by Crippen LogP contribution is 2.22. The zero-order chi connectivity index (χ0) is 18.2. The first kappa shape index (κ1) is 17.9. The van der Waals surface area contributed by atoms with Crippen molar-refractivity contribution in [3.05, 3.63) is 29.5 Å². The number of hydrogen-bond acceptors (Lipinski definition) is 4. The highest BCUT2D eigenvalue weighted by atomic mass is 16.3. The SMILES string of the molecule is Cc1cc(C(=O)N2CCN(C[C@@H](O)C(C)(C)C)CC2)c2[nH]ncc2c1. The van der Waals surface area contributed by atoms with Crippen LogP contribution in [0.3, 0.4) is 0 Å². The van der Waals surface area contributed by atoms with Gasteiger partial charge in [0.1, 0.15) is 0 Å². The molecule has 1 amide bonds. The normalized spacial score (nSPS) is 17.9. The molecule has 6 nitrogen and oxygen atoms in total. The minimum absolute atomic E-state index is 0.0500. The van der Waals surface area contributed by atoms with E-state index in [9.17, 15) is 9.90 Å². The lowest BCUT2D eigenvalue weighted by molar-refractivity contribution is 0.0137. The standard InChI is InChI=1S/C19H28N4O2/c1-13-9-14-11-20-21-17(14)15(10-13)18(25)23-7-5-22(6-8-23)12-16(24)19(2,3)4/h9-11,16,24H,5-8,12H2,1-4H3,(H,20,21)/t16-/m1/s1. The van der Waals surface area contributed by atoms with Gasteiger partial charge in [-0.25, -0.2) is 0 Å². The van der Waals surface area contributed by atoms with Crippen LogP contribution in [0.25, 0.3) is 10.9 Å². The van der Waals surface area contributed by atoms with Crippen molar-refractivity contribution < 1.29 is 9.90 Å². The Hall–Kier alpha value is -1.92. The predicted octanol–water partition coefficient (Wildman–Crippen LogP) is 2.04. The van der Waals surface area contributed by atoms with Crippen molar-refractivity contribution in [1.29, 1.82) is 0 Å². The van der Waals surface area contributed by atoms with Crippen LogP contribution >= 0.6 is 0 Å². The number of aromatic amines is 1. The molecule has 1 aromatic heterocycles. The lowest BCUT2D eigenvalue weighted by Gasteiger charge is -2.38. The number of piperazine rings is 1. The smallest absolute Gasteiger partial charge is 0.256 e. The number of aromatic nitrogens is 2. The van der Waals surface area contributed by atoms with Crippen molar-refractivity contribution in [2.45, 2.75) is 33.8 Å². The fourth-order valence-corrected chi connectivity index (χ4v) is 3.20. The van der Waals surface area contributed by atoms with Crippen LogP contribution in [0.4, 0.5) is 0 Å². The Kier molecular flexibility index (Phi) is 4.84. The van der Waals surface area contributed by atoms with E-state index in [1.807, 2.05) is 44.7 Å². The maximum Gasteiger partial charge on any atom is 0.256 e. The number of carbonyl (C=O) groups excluding carboxylic acids is 1. The molecule has 25 heavy (non-hydrogen) atoms. The van der Waals surface area contributed by atoms with E-state index in [2.05, 4.69) is 15.1 Å². The van der Waals surface area contributed by atoms with E-state index in [1.165, 1.54) is 0 Å². The highest BCUT2D eigenvalue weighted by molar-refractivity contribution is 6.05. The van der Waals surface area contributed by atoms with Crippen LogP contribution in [0.1, 0.15) is 36.7 Å². The molecular weight excluding hydrogens is 316 g/mol. The second-order valence-electron chi connectivity index (χ2n) is 8.12. The third-order valence-electron chi connectivity index (χ3n) is 5.01. The largest absolute Gasteiger partial charge is 0.391 e. The quantitative estimate of drug-likeness (QED) is 0.894. The number of aryl methyl sites for hydroxylation is 1. The molecule has 0 spiro atoms. The Labute approximate surface area is 148 Å². The minimum atomic E-state index is -0.365. The van der Waals surface area contributed by atoms with Gasteiger partial charge in [0.25, 0.3) is 5.91 Å². The molecule has 0 bridgehead atoms. The molecule has 3 rings (SSSR count). The van der Waals surface area contributed by atoms with E-state index >= 15 is 0 Å². The van der Waals surface area contributed by atoms with Gasteiger partial charge >= 0.3 is 0 Å². The number of amides is 1. The molecule has 1 aliphatic heterocycles. The van der Waals surface area contributed by atoms with Crippen molar-refractivity contribution in [2.24, 2.45) is 5.41 Å². The van der Waals surface area contributed by atoms with E-state index in [0.29, 0.717) is 25.2 Å². The summed E-state index contributed by atoms with van der Waals surface area (Å²) in [5, 5.41) is 18.3. The number of nitrogens with one attached hydrogen (secondary N) is 1. The van der Waals surface area contributed by atoms with Gasteiger partial charge in [0.15, 0.2) is 0 Å². The molecule has 2 heterocycles. The number of carbonyl (C=O) groups is 1. The number of aliphatic hydroxyl groups is 1. The van der Waals surface area contributed by atoms with Crippen LogP contribution in [-0.2, 0) is 0 Å². The average molecular weight is 344 g/mol. The molecular formula is C19H28N4O2. The number of nitrogens with zero attached hydrogens (tertiary/aromatic N) is 3. The fourth-order valence-electron chi connectivity index (χ4n) is 3.20. The summed E-state index contributed by atoms with van der Waals surface area (Å²) in [6.07, 6.45) is 1.39. The Balaban J connectivity index is 1.66. The van der Waals surface area contributed by atoms with Crippen molar-refractivity contribution in [3.8, 4) is 0 Å². The van der Waals surface area contributed by atoms with Gasteiger partial charge in [0, 0.05) is 38.1 Å². The number of hydrogen-bond donors (Lipinski definition) is 2.